The minimum absolute atomic E-state index is 0.0131. The maximum absolute atomic E-state index is 12.7. The summed E-state index contributed by atoms with van der Waals surface area (Å²) in [5.41, 5.74) is 1.34. The Morgan fingerprint density at radius 3 is 2.74 bits per heavy atom. The molecule has 1 atom stereocenters. The lowest BCUT2D eigenvalue weighted by Gasteiger charge is -2.32. The Bertz CT molecular complexity index is 623. The average Bonchev–Trinajstić information content (AvgIpc) is 2.74. The summed E-state index contributed by atoms with van der Waals surface area (Å²) in [6.45, 7) is -0.793. The second-order valence-electron chi connectivity index (χ2n) is 5.88. The molecule has 0 saturated carbocycles. The van der Waals surface area contributed by atoms with E-state index >= 15 is 0 Å². The Morgan fingerprint density at radius 2 is 2.00 bits per heavy atom. The molecule has 1 aliphatic heterocycles. The first kappa shape index (κ1) is 15.9. The zero-order valence-corrected chi connectivity index (χ0v) is 12.6. The van der Waals surface area contributed by atoms with Gasteiger partial charge in [-0.25, -0.2) is 13.6 Å². The molecule has 0 bridgehead atoms. The molecule has 0 unspecified atom stereocenters. The molecule has 124 valence electrons. The van der Waals surface area contributed by atoms with E-state index in [0.717, 1.165) is 16.9 Å². The zero-order valence-electron chi connectivity index (χ0n) is 12.6. The first-order valence-corrected chi connectivity index (χ1v) is 7.59. The highest BCUT2D eigenvalue weighted by atomic mass is 19.3. The molecule has 7 heteroatoms. The number of rotatable bonds is 5. The number of hydrogen-bond acceptors (Lipinski definition) is 3. The van der Waals surface area contributed by atoms with Crippen LogP contribution in [0.15, 0.2) is 24.3 Å². The van der Waals surface area contributed by atoms with Crippen molar-refractivity contribution in [1.82, 2.24) is 10.2 Å². The Morgan fingerprint density at radius 1 is 1.26 bits per heavy atom. The fourth-order valence-electron chi connectivity index (χ4n) is 3.23. The standard InChI is InChI=1S/C16H18F2N2O3/c17-13(18)10-23-8-7-20-14(21)16(19-15(20)22)6-5-11-3-1-2-4-12(11)9-16/h1-4,13H,5-10H2,(H,19,22)/t16-/m0/s1. The summed E-state index contributed by atoms with van der Waals surface area (Å²) in [5, 5.41) is 2.79. The maximum Gasteiger partial charge on any atom is 0.325 e. The van der Waals surface area contributed by atoms with Crippen LogP contribution in [0.2, 0.25) is 0 Å². The molecule has 1 fully saturated rings. The number of imide groups is 1. The molecule has 1 heterocycles. The van der Waals surface area contributed by atoms with Crippen molar-refractivity contribution in [3.8, 4) is 0 Å². The summed E-state index contributed by atoms with van der Waals surface area (Å²) < 4.78 is 28.8. The molecule has 3 amide bonds. The van der Waals surface area contributed by atoms with E-state index in [2.05, 4.69) is 5.32 Å². The second-order valence-corrected chi connectivity index (χ2v) is 5.88. The van der Waals surface area contributed by atoms with Crippen molar-refractivity contribution >= 4 is 11.9 Å². The third-order valence-corrected chi connectivity index (χ3v) is 4.38. The Hall–Kier alpha value is -2.02. The number of alkyl halides is 2. The van der Waals surface area contributed by atoms with Gasteiger partial charge in [0.05, 0.1) is 13.2 Å². The first-order valence-electron chi connectivity index (χ1n) is 7.59. The number of benzene rings is 1. The van der Waals surface area contributed by atoms with Crippen LogP contribution in [0.4, 0.5) is 13.6 Å². The Kier molecular flexibility index (Phi) is 4.30. The van der Waals surface area contributed by atoms with Crippen LogP contribution in [0, 0.1) is 0 Å². The van der Waals surface area contributed by atoms with Crippen LogP contribution >= 0.6 is 0 Å². The van der Waals surface area contributed by atoms with Gasteiger partial charge in [0, 0.05) is 6.42 Å². The normalized spacial score (nSPS) is 23.5. The van der Waals surface area contributed by atoms with Crippen molar-refractivity contribution in [1.29, 1.82) is 0 Å². The molecule has 2 aliphatic rings. The molecular weight excluding hydrogens is 306 g/mol. The van der Waals surface area contributed by atoms with Crippen LogP contribution in [0.3, 0.4) is 0 Å². The van der Waals surface area contributed by atoms with Gasteiger partial charge in [0.25, 0.3) is 12.3 Å². The molecule has 5 nitrogen and oxygen atoms in total. The van der Waals surface area contributed by atoms with Gasteiger partial charge in [-0.2, -0.15) is 0 Å². The van der Waals surface area contributed by atoms with E-state index in [-0.39, 0.29) is 19.1 Å². The summed E-state index contributed by atoms with van der Waals surface area (Å²) in [7, 11) is 0. The van der Waals surface area contributed by atoms with Crippen molar-refractivity contribution in [3.05, 3.63) is 35.4 Å². The lowest BCUT2D eigenvalue weighted by molar-refractivity contribution is -0.132. The van der Waals surface area contributed by atoms with E-state index in [1.165, 1.54) is 5.56 Å². The van der Waals surface area contributed by atoms with Crippen LogP contribution in [0.5, 0.6) is 0 Å². The van der Waals surface area contributed by atoms with Gasteiger partial charge in [-0.3, -0.25) is 9.69 Å². The molecule has 23 heavy (non-hydrogen) atoms. The quantitative estimate of drug-likeness (QED) is 0.663. The minimum atomic E-state index is -2.56. The molecule has 1 aliphatic carbocycles. The van der Waals surface area contributed by atoms with Crippen LogP contribution in [-0.2, 0) is 22.4 Å². The summed E-state index contributed by atoms with van der Waals surface area (Å²) >= 11 is 0. The van der Waals surface area contributed by atoms with Crippen LogP contribution in [-0.4, -0.2) is 48.6 Å². The van der Waals surface area contributed by atoms with Gasteiger partial charge < -0.3 is 10.1 Å². The number of fused-ring (bicyclic) bond motifs is 1. The fourth-order valence-corrected chi connectivity index (χ4v) is 3.23. The van der Waals surface area contributed by atoms with Crippen molar-refractivity contribution in [3.63, 3.8) is 0 Å². The molecule has 0 radical (unpaired) electrons. The summed E-state index contributed by atoms with van der Waals surface area (Å²) in [4.78, 5) is 25.8. The van der Waals surface area contributed by atoms with Gasteiger partial charge in [0.2, 0.25) is 0 Å². The van der Waals surface area contributed by atoms with E-state index in [1.54, 1.807) is 0 Å². The van der Waals surface area contributed by atoms with Crippen LogP contribution in [0.25, 0.3) is 0 Å². The van der Waals surface area contributed by atoms with Crippen molar-refractivity contribution < 1.29 is 23.1 Å². The molecule has 1 saturated heterocycles. The highest BCUT2D eigenvalue weighted by molar-refractivity contribution is 6.07. The number of hydrogen-bond donors (Lipinski definition) is 1. The number of carbonyl (C=O) groups excluding carboxylic acids is 2. The molecule has 0 aromatic heterocycles. The average molecular weight is 324 g/mol. The first-order chi connectivity index (χ1) is 11.0. The van der Waals surface area contributed by atoms with Gasteiger partial charge in [-0.05, 0) is 24.0 Å². The molecule has 1 N–H and O–H groups in total. The van der Waals surface area contributed by atoms with E-state index in [4.69, 9.17) is 4.74 Å². The number of carbonyl (C=O) groups is 2. The number of urea groups is 1. The third kappa shape index (κ3) is 3.06. The minimum Gasteiger partial charge on any atom is -0.374 e. The Balaban J connectivity index is 1.67. The fraction of sp³-hybridized carbons (Fsp3) is 0.500. The van der Waals surface area contributed by atoms with Gasteiger partial charge >= 0.3 is 6.03 Å². The van der Waals surface area contributed by atoms with E-state index < -0.39 is 24.6 Å². The second kappa shape index (κ2) is 6.23. The summed E-state index contributed by atoms with van der Waals surface area (Å²) in [5.74, 6) is -0.294. The van der Waals surface area contributed by atoms with E-state index in [9.17, 15) is 18.4 Å². The molecule has 1 aromatic carbocycles. The highest BCUT2D eigenvalue weighted by Gasteiger charge is 2.52. The summed E-state index contributed by atoms with van der Waals surface area (Å²) in [6.07, 6.45) is -0.831. The summed E-state index contributed by atoms with van der Waals surface area (Å²) in [6, 6.07) is 7.38. The highest BCUT2D eigenvalue weighted by Crippen LogP contribution is 2.33. The zero-order chi connectivity index (χ0) is 16.4. The molecule has 1 spiro atoms. The third-order valence-electron chi connectivity index (χ3n) is 4.38. The topological polar surface area (TPSA) is 58.6 Å². The smallest absolute Gasteiger partial charge is 0.325 e. The lowest BCUT2D eigenvalue weighted by atomic mass is 9.78. The largest absolute Gasteiger partial charge is 0.374 e. The SMILES string of the molecule is O=C1N[C@]2(CCc3ccccc3C2)C(=O)N1CCOCC(F)F. The van der Waals surface area contributed by atoms with Gasteiger partial charge in [-0.15, -0.1) is 0 Å². The maximum atomic E-state index is 12.7. The van der Waals surface area contributed by atoms with E-state index in [1.807, 2.05) is 24.3 Å². The Labute approximate surface area is 132 Å². The van der Waals surface area contributed by atoms with E-state index in [0.29, 0.717) is 12.8 Å². The predicted octanol–water partition coefficient (Wildman–Crippen LogP) is 1.75. The van der Waals surface area contributed by atoms with Crippen molar-refractivity contribution in [2.45, 2.75) is 31.2 Å². The monoisotopic (exact) mass is 324 g/mol. The van der Waals surface area contributed by atoms with Gasteiger partial charge in [0.15, 0.2) is 0 Å². The van der Waals surface area contributed by atoms with Gasteiger partial charge in [0.1, 0.15) is 12.1 Å². The van der Waals surface area contributed by atoms with Gasteiger partial charge in [-0.1, -0.05) is 24.3 Å². The molecule has 1 aromatic rings. The molecule has 3 rings (SSSR count). The van der Waals surface area contributed by atoms with Crippen LogP contribution < -0.4 is 5.32 Å². The number of halogens is 2. The number of amides is 3. The van der Waals surface area contributed by atoms with Crippen molar-refractivity contribution in [2.24, 2.45) is 0 Å². The number of aryl methyl sites for hydroxylation is 1. The number of nitrogens with zero attached hydrogens (tertiary/aromatic N) is 1. The van der Waals surface area contributed by atoms with Crippen molar-refractivity contribution in [2.75, 3.05) is 19.8 Å². The number of nitrogens with one attached hydrogen (secondary N) is 1. The predicted molar refractivity (Wildman–Crippen MR) is 78.3 cm³/mol. The number of ether oxygens (including phenoxy) is 1. The lowest BCUT2D eigenvalue weighted by Crippen LogP contribution is -2.51. The van der Waals surface area contributed by atoms with Crippen LogP contribution in [0.1, 0.15) is 17.5 Å². The molecular formula is C16H18F2N2O3.